The maximum atomic E-state index is 10.6. The van der Waals surface area contributed by atoms with Gasteiger partial charge in [0.05, 0.1) is 27.9 Å². The largest absolute Gasteiger partial charge is 0.448 e. The van der Waals surface area contributed by atoms with Crippen LogP contribution in [0.3, 0.4) is 0 Å². The summed E-state index contributed by atoms with van der Waals surface area (Å²) in [6.45, 7) is 0. The lowest BCUT2D eigenvalue weighted by atomic mass is 10.3. The Labute approximate surface area is 157 Å². The van der Waals surface area contributed by atoms with Gasteiger partial charge in [0, 0.05) is 12.1 Å². The smallest absolute Gasteiger partial charge is 0.269 e. The van der Waals surface area contributed by atoms with Crippen molar-refractivity contribution in [3.63, 3.8) is 0 Å². The average molecular weight is 379 g/mol. The summed E-state index contributed by atoms with van der Waals surface area (Å²) in [7, 11) is 0. The number of imidazole rings is 1. The lowest BCUT2D eigenvalue weighted by molar-refractivity contribution is -0.384. The first-order chi connectivity index (χ1) is 13.2. The molecule has 2 aromatic carbocycles. The lowest BCUT2D eigenvalue weighted by Crippen LogP contribution is -1.91. The Hall–Kier alpha value is -3.59. The summed E-state index contributed by atoms with van der Waals surface area (Å²) < 4.78 is 5.70. The van der Waals surface area contributed by atoms with Crippen LogP contribution in [0.2, 0.25) is 0 Å². The van der Waals surface area contributed by atoms with Crippen molar-refractivity contribution >= 4 is 40.4 Å². The minimum atomic E-state index is -0.447. The second-order valence-corrected chi connectivity index (χ2v) is 6.49. The van der Waals surface area contributed by atoms with E-state index in [9.17, 15) is 10.1 Å². The van der Waals surface area contributed by atoms with Crippen LogP contribution in [0.1, 0.15) is 5.76 Å². The molecule has 2 heterocycles. The van der Waals surface area contributed by atoms with Crippen LogP contribution in [0.25, 0.3) is 11.0 Å². The number of fused-ring (bicyclic) bond motifs is 1. The molecule has 0 saturated heterocycles. The zero-order chi connectivity index (χ0) is 18.6. The number of H-pyrrole nitrogens is 1. The van der Waals surface area contributed by atoms with Crippen molar-refractivity contribution in [1.82, 2.24) is 9.97 Å². The van der Waals surface area contributed by atoms with Gasteiger partial charge in [-0.3, -0.25) is 15.5 Å². The van der Waals surface area contributed by atoms with Crippen LogP contribution in [0.5, 0.6) is 0 Å². The predicted octanol–water partition coefficient (Wildman–Crippen LogP) is 4.66. The van der Waals surface area contributed by atoms with E-state index in [2.05, 4.69) is 20.5 Å². The summed E-state index contributed by atoms with van der Waals surface area (Å²) in [6, 6.07) is 17.4. The maximum absolute atomic E-state index is 10.6. The predicted molar refractivity (Wildman–Crippen MR) is 103 cm³/mol. The van der Waals surface area contributed by atoms with Gasteiger partial charge in [-0.05, 0) is 48.2 Å². The first-order valence-corrected chi connectivity index (χ1v) is 8.75. The third-order valence-corrected chi connectivity index (χ3v) is 4.44. The van der Waals surface area contributed by atoms with Gasteiger partial charge in [0.1, 0.15) is 5.76 Å². The summed E-state index contributed by atoms with van der Waals surface area (Å²) >= 11 is 1.39. The Balaban J connectivity index is 1.38. The Morgan fingerprint density at radius 2 is 1.96 bits per heavy atom. The van der Waals surface area contributed by atoms with Crippen LogP contribution < -0.4 is 5.43 Å². The van der Waals surface area contributed by atoms with Crippen molar-refractivity contribution in [2.24, 2.45) is 5.10 Å². The third kappa shape index (κ3) is 3.98. The fraction of sp³-hybridized carbons (Fsp3) is 0. The number of anilines is 1. The summed E-state index contributed by atoms with van der Waals surface area (Å²) in [4.78, 5) is 17.9. The lowest BCUT2D eigenvalue weighted by Gasteiger charge is -1.98. The molecule has 0 aliphatic rings. The van der Waals surface area contributed by atoms with E-state index >= 15 is 0 Å². The van der Waals surface area contributed by atoms with Crippen molar-refractivity contribution in [2.75, 3.05) is 5.43 Å². The molecule has 9 heteroatoms. The molecule has 4 aromatic rings. The number of aromatic nitrogens is 2. The third-order valence-electron chi connectivity index (χ3n) is 3.63. The fourth-order valence-corrected chi connectivity index (χ4v) is 3.13. The van der Waals surface area contributed by atoms with Gasteiger partial charge in [0.2, 0.25) is 0 Å². The molecule has 27 heavy (non-hydrogen) atoms. The normalized spacial score (nSPS) is 11.3. The second-order valence-electron chi connectivity index (χ2n) is 5.49. The van der Waals surface area contributed by atoms with Crippen LogP contribution in [0, 0.1) is 10.1 Å². The molecule has 0 radical (unpaired) electrons. The van der Waals surface area contributed by atoms with E-state index in [1.165, 1.54) is 30.1 Å². The van der Waals surface area contributed by atoms with E-state index in [1.807, 2.05) is 30.3 Å². The Morgan fingerprint density at radius 3 is 2.74 bits per heavy atom. The average Bonchev–Trinajstić information content (AvgIpc) is 3.28. The number of hydrogen-bond donors (Lipinski definition) is 2. The van der Waals surface area contributed by atoms with E-state index in [0.29, 0.717) is 16.5 Å². The highest BCUT2D eigenvalue weighted by Crippen LogP contribution is 2.28. The maximum Gasteiger partial charge on any atom is 0.269 e. The van der Waals surface area contributed by atoms with E-state index in [0.717, 1.165) is 16.2 Å². The van der Waals surface area contributed by atoms with Crippen molar-refractivity contribution in [3.05, 3.63) is 76.5 Å². The van der Waals surface area contributed by atoms with Crippen molar-refractivity contribution < 1.29 is 9.34 Å². The molecule has 0 amide bonds. The molecule has 0 aliphatic heterocycles. The Bertz CT molecular complexity index is 1080. The highest BCUT2D eigenvalue weighted by Gasteiger charge is 2.07. The molecule has 0 bridgehead atoms. The molecule has 0 atom stereocenters. The van der Waals surface area contributed by atoms with Gasteiger partial charge < -0.3 is 9.40 Å². The highest BCUT2D eigenvalue weighted by molar-refractivity contribution is 7.99. The summed E-state index contributed by atoms with van der Waals surface area (Å²) in [5, 5.41) is 16.1. The highest BCUT2D eigenvalue weighted by atomic mass is 32.2. The molecule has 0 unspecified atom stereocenters. The van der Waals surface area contributed by atoms with E-state index in [1.54, 1.807) is 18.2 Å². The van der Waals surface area contributed by atoms with Gasteiger partial charge in [0.15, 0.2) is 10.2 Å². The second kappa shape index (κ2) is 7.34. The number of nitrogens with zero attached hydrogens (tertiary/aromatic N) is 3. The number of furan rings is 1. The minimum Gasteiger partial charge on any atom is -0.448 e. The van der Waals surface area contributed by atoms with Crippen LogP contribution in [-0.2, 0) is 0 Å². The number of nitro groups is 1. The van der Waals surface area contributed by atoms with E-state index in [4.69, 9.17) is 4.42 Å². The molecular weight excluding hydrogens is 366 g/mol. The van der Waals surface area contributed by atoms with Crippen molar-refractivity contribution in [1.29, 1.82) is 0 Å². The summed E-state index contributed by atoms with van der Waals surface area (Å²) in [5.74, 6) is 0.572. The summed E-state index contributed by atoms with van der Waals surface area (Å²) in [5.41, 5.74) is 5.34. The van der Waals surface area contributed by atoms with Gasteiger partial charge in [-0.15, -0.1) is 0 Å². The number of hydrazone groups is 1. The fourth-order valence-electron chi connectivity index (χ4n) is 2.36. The van der Waals surface area contributed by atoms with Crippen LogP contribution >= 0.6 is 11.8 Å². The first kappa shape index (κ1) is 16.9. The molecule has 2 N–H and O–H groups in total. The number of non-ortho nitro benzene ring substituents is 1. The monoisotopic (exact) mass is 379 g/mol. The molecule has 4 rings (SSSR count). The molecule has 0 aliphatic carbocycles. The van der Waals surface area contributed by atoms with Gasteiger partial charge in [-0.1, -0.05) is 12.1 Å². The van der Waals surface area contributed by atoms with Crippen LogP contribution in [-0.4, -0.2) is 21.1 Å². The van der Waals surface area contributed by atoms with E-state index in [-0.39, 0.29) is 5.69 Å². The molecule has 0 saturated carbocycles. The number of rotatable bonds is 6. The van der Waals surface area contributed by atoms with Gasteiger partial charge in [0.25, 0.3) is 5.69 Å². The number of benzene rings is 2. The number of nitro benzene ring substituents is 1. The minimum absolute atomic E-state index is 0.0304. The number of hydrogen-bond acceptors (Lipinski definition) is 7. The standard InChI is InChI=1S/C18H13N5O3S/c24-23(25)13-7-5-12(6-8-13)22-19-11-14-9-10-17(26-14)27-18-20-15-3-1-2-4-16(15)21-18/h1-11,22H,(H,20,21)/b19-11-. The molecule has 0 spiro atoms. The quantitative estimate of drug-likeness (QED) is 0.286. The SMILES string of the molecule is O=[N+]([O-])c1ccc(N/N=C\c2ccc(Sc3nc4ccccc4[nH]3)o2)cc1. The Kier molecular flexibility index (Phi) is 4.58. The number of nitrogens with one attached hydrogen (secondary N) is 2. The molecule has 0 fully saturated rings. The van der Waals surface area contributed by atoms with Gasteiger partial charge in [-0.25, -0.2) is 4.98 Å². The van der Waals surface area contributed by atoms with Crippen molar-refractivity contribution in [3.8, 4) is 0 Å². The van der Waals surface area contributed by atoms with Crippen LogP contribution in [0.4, 0.5) is 11.4 Å². The van der Waals surface area contributed by atoms with Gasteiger partial charge in [-0.2, -0.15) is 5.10 Å². The Morgan fingerprint density at radius 1 is 1.15 bits per heavy atom. The van der Waals surface area contributed by atoms with Crippen molar-refractivity contribution in [2.45, 2.75) is 10.2 Å². The molecular formula is C18H13N5O3S. The zero-order valence-electron chi connectivity index (χ0n) is 13.8. The molecule has 2 aromatic heterocycles. The van der Waals surface area contributed by atoms with Gasteiger partial charge >= 0.3 is 0 Å². The molecule has 8 nitrogen and oxygen atoms in total. The number of para-hydroxylation sites is 2. The first-order valence-electron chi connectivity index (χ1n) is 7.93. The molecule has 134 valence electrons. The van der Waals surface area contributed by atoms with E-state index < -0.39 is 4.92 Å². The zero-order valence-corrected chi connectivity index (χ0v) is 14.6. The topological polar surface area (TPSA) is 109 Å². The van der Waals surface area contributed by atoms with Crippen LogP contribution in [0.15, 0.2) is 80.4 Å². The summed E-state index contributed by atoms with van der Waals surface area (Å²) in [6.07, 6.45) is 1.53. The number of aromatic amines is 1.